The predicted molar refractivity (Wildman–Crippen MR) is 190 cm³/mol. The number of hydrogen-bond acceptors (Lipinski definition) is 8. The van der Waals surface area contributed by atoms with Gasteiger partial charge in [0, 0.05) is 30.2 Å². The summed E-state index contributed by atoms with van der Waals surface area (Å²) in [6.45, 7) is 0. The van der Waals surface area contributed by atoms with Crippen LogP contribution in [0, 0.1) is 11.6 Å². The highest BCUT2D eigenvalue weighted by molar-refractivity contribution is 9.10. The van der Waals surface area contributed by atoms with Gasteiger partial charge in [-0.1, -0.05) is 23.7 Å². The van der Waals surface area contributed by atoms with Crippen molar-refractivity contribution in [2.45, 2.75) is 18.9 Å². The van der Waals surface area contributed by atoms with Gasteiger partial charge in [-0.25, -0.2) is 32.0 Å². The van der Waals surface area contributed by atoms with Crippen LogP contribution in [-0.4, -0.2) is 56.8 Å². The predicted octanol–water partition coefficient (Wildman–Crippen LogP) is 5.91. The number of nitrogens with zero attached hydrogens (tertiary/aromatic N) is 5. The molecule has 18 heteroatoms. The van der Waals surface area contributed by atoms with Crippen LogP contribution < -0.4 is 20.3 Å². The number of fused-ring (bicyclic) bond motifs is 2. The first-order valence-electron chi connectivity index (χ1n) is 15.0. The molecule has 6 aromatic rings. The van der Waals surface area contributed by atoms with E-state index >= 15 is 0 Å². The van der Waals surface area contributed by atoms with Gasteiger partial charge in [-0.15, -0.1) is 0 Å². The van der Waals surface area contributed by atoms with E-state index < -0.39 is 39.4 Å². The Kier molecular flexibility index (Phi) is 9.97. The number of ether oxygens (including phenoxy) is 1. The lowest BCUT2D eigenvalue weighted by atomic mass is 10.0. The van der Waals surface area contributed by atoms with Crippen molar-refractivity contribution in [3.63, 3.8) is 0 Å². The second kappa shape index (κ2) is 14.2. The zero-order valence-electron chi connectivity index (χ0n) is 26.7. The van der Waals surface area contributed by atoms with Gasteiger partial charge in [-0.3, -0.25) is 18.8 Å². The van der Waals surface area contributed by atoms with E-state index in [1.165, 1.54) is 43.2 Å². The molecule has 0 aliphatic rings. The molecule has 6 rings (SSSR count). The standard InChI is InChI=1S/C33H27BrClF2N7O6S/c1-43-28-26(8-7-24(35)27(28)30(41-43)42-51(48,49)10-9-17-3-5-22(50-2)6-4-17)44-31(40-29-23(32(44)45)14-19(34)16-38-29)25(39-33(46)47)13-18-11-20(36)15-21(37)12-18/h3-8,11-12,14-16,25,39H,9-10,13H2,1-2H3,(H,41,42)(H,46,47)/t25-/m0/s1. The third kappa shape index (κ3) is 7.64. The van der Waals surface area contributed by atoms with E-state index in [2.05, 4.69) is 41.0 Å². The van der Waals surface area contributed by atoms with Crippen molar-refractivity contribution >= 4 is 71.4 Å². The Morgan fingerprint density at radius 3 is 2.45 bits per heavy atom. The van der Waals surface area contributed by atoms with Gasteiger partial charge in [0.1, 0.15) is 23.2 Å². The molecule has 0 saturated heterocycles. The van der Waals surface area contributed by atoms with Crippen LogP contribution >= 0.6 is 27.5 Å². The number of benzene rings is 3. The van der Waals surface area contributed by atoms with Crippen molar-refractivity contribution in [2.75, 3.05) is 17.6 Å². The molecular formula is C33H27BrClF2N7O6S. The van der Waals surface area contributed by atoms with Crippen molar-refractivity contribution in [2.24, 2.45) is 7.05 Å². The molecule has 3 N–H and O–H groups in total. The first-order chi connectivity index (χ1) is 24.2. The normalized spacial score (nSPS) is 12.3. The number of aromatic nitrogens is 5. The number of halogens is 4. The molecule has 264 valence electrons. The molecule has 0 saturated carbocycles. The van der Waals surface area contributed by atoms with Crippen molar-refractivity contribution in [1.29, 1.82) is 0 Å². The highest BCUT2D eigenvalue weighted by atomic mass is 79.9. The van der Waals surface area contributed by atoms with E-state index in [4.69, 9.17) is 16.3 Å². The zero-order valence-corrected chi connectivity index (χ0v) is 29.9. The van der Waals surface area contributed by atoms with E-state index in [-0.39, 0.29) is 68.4 Å². The minimum atomic E-state index is -3.99. The first kappa shape index (κ1) is 35.7. The lowest BCUT2D eigenvalue weighted by Crippen LogP contribution is -2.35. The number of methoxy groups -OCH3 is 1. The molecule has 1 atom stereocenters. The molecule has 0 aliphatic heterocycles. The van der Waals surface area contributed by atoms with Gasteiger partial charge in [0.25, 0.3) is 5.56 Å². The minimum Gasteiger partial charge on any atom is -0.497 e. The van der Waals surface area contributed by atoms with Crippen LogP contribution in [0.3, 0.4) is 0 Å². The van der Waals surface area contributed by atoms with Gasteiger partial charge in [0.15, 0.2) is 11.5 Å². The van der Waals surface area contributed by atoms with E-state index in [9.17, 15) is 31.9 Å². The number of aryl methyl sites for hydroxylation is 2. The second-order valence-corrected chi connectivity index (χ2v) is 14.6. The number of rotatable bonds is 11. The third-order valence-corrected chi connectivity index (χ3v) is 9.91. The van der Waals surface area contributed by atoms with Crippen LogP contribution in [0.25, 0.3) is 27.6 Å². The Morgan fingerprint density at radius 1 is 1.08 bits per heavy atom. The number of carbonyl (C=O) groups is 1. The van der Waals surface area contributed by atoms with Gasteiger partial charge < -0.3 is 15.2 Å². The fourth-order valence-electron chi connectivity index (χ4n) is 5.70. The van der Waals surface area contributed by atoms with Crippen molar-refractivity contribution in [3.05, 3.63) is 115 Å². The molecule has 13 nitrogen and oxygen atoms in total. The Hall–Kier alpha value is -5.13. The number of hydrogen-bond donors (Lipinski definition) is 3. The molecule has 0 fully saturated rings. The third-order valence-electron chi connectivity index (χ3n) is 7.92. The molecule has 0 aliphatic carbocycles. The summed E-state index contributed by atoms with van der Waals surface area (Å²) < 4.78 is 65.5. The Morgan fingerprint density at radius 2 is 1.78 bits per heavy atom. The van der Waals surface area contributed by atoms with Crippen LogP contribution in [-0.2, 0) is 29.9 Å². The fraction of sp³-hybridized carbons (Fsp3) is 0.182. The van der Waals surface area contributed by atoms with E-state index in [0.717, 1.165) is 22.3 Å². The number of carboxylic acid groups (broad SMARTS) is 1. The van der Waals surface area contributed by atoms with Gasteiger partial charge in [0.05, 0.1) is 45.9 Å². The SMILES string of the molecule is COc1ccc(CCS(=O)(=O)Nc2nn(C)c3c(-n4c([C@H](Cc5cc(F)cc(F)c5)NC(=O)O)nc5ncc(Br)cc5c4=O)ccc(Cl)c23)cc1. The average Bonchev–Trinajstić information content (AvgIpc) is 3.39. The summed E-state index contributed by atoms with van der Waals surface area (Å²) in [6, 6.07) is 12.7. The summed E-state index contributed by atoms with van der Waals surface area (Å²) in [5.41, 5.74) is 0.410. The fourth-order valence-corrected chi connectivity index (χ4v) is 7.32. The first-order valence-corrected chi connectivity index (χ1v) is 17.9. The Labute approximate surface area is 302 Å². The summed E-state index contributed by atoms with van der Waals surface area (Å²) in [6.07, 6.45) is -0.244. The molecular weight excluding hydrogens is 776 g/mol. The maximum Gasteiger partial charge on any atom is 0.405 e. The van der Waals surface area contributed by atoms with Crippen molar-refractivity contribution < 1.29 is 31.8 Å². The number of anilines is 1. The topological polar surface area (TPSA) is 170 Å². The largest absolute Gasteiger partial charge is 0.497 e. The van der Waals surface area contributed by atoms with Gasteiger partial charge >= 0.3 is 6.09 Å². The number of nitrogens with one attached hydrogen (secondary N) is 2. The van der Waals surface area contributed by atoms with Crippen LogP contribution in [0.4, 0.5) is 19.4 Å². The van der Waals surface area contributed by atoms with Crippen LogP contribution in [0.2, 0.25) is 5.02 Å². The highest BCUT2D eigenvalue weighted by Gasteiger charge is 2.28. The number of pyridine rings is 1. The maximum atomic E-state index is 14.4. The Balaban J connectivity index is 1.50. The quantitative estimate of drug-likeness (QED) is 0.144. The molecule has 1 amide bonds. The average molecular weight is 803 g/mol. The van der Waals surface area contributed by atoms with Gasteiger partial charge in [0.2, 0.25) is 10.0 Å². The summed E-state index contributed by atoms with van der Waals surface area (Å²) >= 11 is 9.96. The molecule has 51 heavy (non-hydrogen) atoms. The van der Waals surface area contributed by atoms with E-state index in [1.54, 1.807) is 24.3 Å². The smallest absolute Gasteiger partial charge is 0.405 e. The monoisotopic (exact) mass is 801 g/mol. The van der Waals surface area contributed by atoms with Gasteiger partial charge in [-0.05, 0) is 75.9 Å². The van der Waals surface area contributed by atoms with Crippen molar-refractivity contribution in [3.8, 4) is 11.4 Å². The molecule has 3 heterocycles. The van der Waals surface area contributed by atoms with E-state index in [1.807, 2.05) is 0 Å². The van der Waals surface area contributed by atoms with Crippen molar-refractivity contribution in [1.82, 2.24) is 29.6 Å². The number of amides is 1. The van der Waals surface area contributed by atoms with E-state index in [0.29, 0.717) is 16.3 Å². The van der Waals surface area contributed by atoms with Gasteiger partial charge in [-0.2, -0.15) is 5.10 Å². The zero-order chi connectivity index (χ0) is 36.6. The lowest BCUT2D eigenvalue weighted by molar-refractivity contribution is 0.189. The molecule has 3 aromatic carbocycles. The molecule has 3 aromatic heterocycles. The lowest BCUT2D eigenvalue weighted by Gasteiger charge is -2.22. The van der Waals surface area contributed by atoms with Crippen LogP contribution in [0.15, 0.2) is 76.1 Å². The molecule has 0 radical (unpaired) electrons. The molecule has 0 unspecified atom stereocenters. The second-order valence-electron chi connectivity index (χ2n) is 11.4. The summed E-state index contributed by atoms with van der Waals surface area (Å²) in [5, 5.41) is 16.8. The Bertz CT molecular complexity index is 2480. The summed E-state index contributed by atoms with van der Waals surface area (Å²) in [5.74, 6) is -1.73. The molecule has 0 bridgehead atoms. The van der Waals surface area contributed by atoms with Crippen LogP contribution in [0.1, 0.15) is 23.0 Å². The molecule has 0 spiro atoms. The summed E-state index contributed by atoms with van der Waals surface area (Å²) in [4.78, 5) is 35.2. The number of sulfonamides is 1. The summed E-state index contributed by atoms with van der Waals surface area (Å²) in [7, 11) is -0.946. The highest BCUT2D eigenvalue weighted by Crippen LogP contribution is 2.36. The van der Waals surface area contributed by atoms with Crippen LogP contribution in [0.5, 0.6) is 5.75 Å². The minimum absolute atomic E-state index is 0.0300. The maximum absolute atomic E-state index is 14.4.